The van der Waals surface area contributed by atoms with Crippen molar-refractivity contribution in [1.29, 1.82) is 0 Å². The number of nitro groups is 1. The van der Waals surface area contributed by atoms with Gasteiger partial charge in [-0.1, -0.05) is 28.1 Å². The maximum Gasteiger partial charge on any atom is 0.337 e. The van der Waals surface area contributed by atoms with Crippen LogP contribution in [0.2, 0.25) is 0 Å². The van der Waals surface area contributed by atoms with Gasteiger partial charge in [0.25, 0.3) is 5.69 Å². The third-order valence-electron chi connectivity index (χ3n) is 3.58. The van der Waals surface area contributed by atoms with Crippen molar-refractivity contribution in [3.63, 3.8) is 0 Å². The molecule has 3 aromatic rings. The Labute approximate surface area is 161 Å². The van der Waals surface area contributed by atoms with E-state index in [9.17, 15) is 20.0 Å². The molecule has 136 valence electrons. The lowest BCUT2D eigenvalue weighted by Gasteiger charge is -2.05. The molecule has 27 heavy (non-hydrogen) atoms. The first-order valence-electron chi connectivity index (χ1n) is 7.61. The number of hydrazone groups is 1. The first-order valence-corrected chi connectivity index (χ1v) is 8.40. The van der Waals surface area contributed by atoms with E-state index >= 15 is 0 Å². The van der Waals surface area contributed by atoms with Crippen LogP contribution < -0.4 is 5.43 Å². The molecule has 0 bridgehead atoms. The van der Waals surface area contributed by atoms with E-state index in [4.69, 9.17) is 4.42 Å². The van der Waals surface area contributed by atoms with Crippen LogP contribution in [0, 0.1) is 10.1 Å². The molecule has 2 N–H and O–H groups in total. The minimum absolute atomic E-state index is 0.0570. The van der Waals surface area contributed by atoms with E-state index in [0.29, 0.717) is 27.2 Å². The van der Waals surface area contributed by atoms with Crippen LogP contribution in [0.1, 0.15) is 16.1 Å². The molecule has 2 aromatic carbocycles. The second-order valence-corrected chi connectivity index (χ2v) is 6.26. The van der Waals surface area contributed by atoms with E-state index in [2.05, 4.69) is 26.5 Å². The predicted molar refractivity (Wildman–Crippen MR) is 103 cm³/mol. The molecule has 0 aliphatic carbocycles. The number of aromatic carboxylic acids is 1. The fraction of sp³-hybridized carbons (Fsp3) is 0. The number of nitrogens with one attached hydrogen (secondary N) is 1. The van der Waals surface area contributed by atoms with Crippen LogP contribution in [0.25, 0.3) is 11.3 Å². The van der Waals surface area contributed by atoms with Crippen molar-refractivity contribution in [3.05, 3.63) is 80.5 Å². The van der Waals surface area contributed by atoms with Crippen molar-refractivity contribution in [2.45, 2.75) is 0 Å². The molecule has 1 heterocycles. The fourth-order valence-electron chi connectivity index (χ4n) is 2.36. The number of halogens is 1. The highest BCUT2D eigenvalue weighted by molar-refractivity contribution is 9.10. The Bertz CT molecular complexity index is 1040. The van der Waals surface area contributed by atoms with Gasteiger partial charge in [-0.25, -0.2) is 4.79 Å². The largest absolute Gasteiger partial charge is 0.478 e. The van der Waals surface area contributed by atoms with Gasteiger partial charge in [0.15, 0.2) is 0 Å². The number of benzene rings is 2. The quantitative estimate of drug-likeness (QED) is 0.331. The average Bonchev–Trinajstić information content (AvgIpc) is 3.11. The summed E-state index contributed by atoms with van der Waals surface area (Å²) in [6.45, 7) is 0. The summed E-state index contributed by atoms with van der Waals surface area (Å²) < 4.78 is 6.21. The number of furan rings is 1. The number of rotatable bonds is 6. The number of nitrogens with zero attached hydrogens (tertiary/aromatic N) is 2. The van der Waals surface area contributed by atoms with Gasteiger partial charge in [-0.05, 0) is 36.4 Å². The molecule has 0 saturated heterocycles. The Hall–Kier alpha value is -3.46. The van der Waals surface area contributed by atoms with Crippen LogP contribution in [0.5, 0.6) is 0 Å². The molecule has 0 atom stereocenters. The van der Waals surface area contributed by atoms with E-state index in [1.54, 1.807) is 42.5 Å². The van der Waals surface area contributed by atoms with Crippen molar-refractivity contribution in [1.82, 2.24) is 0 Å². The lowest BCUT2D eigenvalue weighted by molar-refractivity contribution is -0.384. The normalized spacial score (nSPS) is 10.9. The van der Waals surface area contributed by atoms with Gasteiger partial charge in [0.05, 0.1) is 28.0 Å². The maximum absolute atomic E-state index is 11.3. The van der Waals surface area contributed by atoms with E-state index in [-0.39, 0.29) is 11.3 Å². The fourth-order valence-corrected chi connectivity index (χ4v) is 2.73. The van der Waals surface area contributed by atoms with Gasteiger partial charge in [-0.15, -0.1) is 0 Å². The summed E-state index contributed by atoms with van der Waals surface area (Å²) in [6, 6.07) is 14.2. The molecule has 3 rings (SSSR count). The molecular formula is C18H12BrN3O5. The number of carbonyl (C=O) groups is 1. The Morgan fingerprint density at radius 2 is 2.00 bits per heavy atom. The summed E-state index contributed by atoms with van der Waals surface area (Å²) in [5.41, 5.74) is 3.31. The second kappa shape index (κ2) is 7.83. The van der Waals surface area contributed by atoms with Crippen molar-refractivity contribution in [2.75, 3.05) is 5.43 Å². The van der Waals surface area contributed by atoms with Crippen LogP contribution >= 0.6 is 15.9 Å². The first kappa shape index (κ1) is 18.3. The zero-order chi connectivity index (χ0) is 19.4. The van der Waals surface area contributed by atoms with E-state index in [0.717, 1.165) is 0 Å². The molecule has 0 spiro atoms. The van der Waals surface area contributed by atoms with Gasteiger partial charge in [0.1, 0.15) is 11.5 Å². The van der Waals surface area contributed by atoms with Gasteiger partial charge >= 0.3 is 5.97 Å². The number of carboxylic acids is 1. The minimum atomic E-state index is -1.09. The predicted octanol–water partition coefficient (Wildman–Crippen LogP) is 4.76. The van der Waals surface area contributed by atoms with Crippen molar-refractivity contribution in [3.8, 4) is 11.3 Å². The average molecular weight is 430 g/mol. The highest BCUT2D eigenvalue weighted by atomic mass is 79.9. The number of carboxylic acid groups (broad SMARTS) is 1. The maximum atomic E-state index is 11.3. The molecule has 8 nitrogen and oxygen atoms in total. The van der Waals surface area contributed by atoms with E-state index in [1.165, 1.54) is 18.3 Å². The highest BCUT2D eigenvalue weighted by Crippen LogP contribution is 2.30. The summed E-state index contributed by atoms with van der Waals surface area (Å²) in [4.78, 5) is 21.9. The smallest absolute Gasteiger partial charge is 0.337 e. The summed E-state index contributed by atoms with van der Waals surface area (Å²) >= 11 is 3.22. The third kappa shape index (κ3) is 4.21. The lowest BCUT2D eigenvalue weighted by atomic mass is 10.1. The number of nitro benzene ring substituents is 1. The number of anilines is 1. The highest BCUT2D eigenvalue weighted by Gasteiger charge is 2.16. The molecule has 0 amide bonds. The molecule has 0 fully saturated rings. The Kier molecular flexibility index (Phi) is 5.32. The van der Waals surface area contributed by atoms with Gasteiger partial charge in [-0.2, -0.15) is 5.10 Å². The van der Waals surface area contributed by atoms with Crippen LogP contribution in [-0.2, 0) is 0 Å². The first-order chi connectivity index (χ1) is 13.0. The summed E-state index contributed by atoms with van der Waals surface area (Å²) in [6.07, 6.45) is 1.35. The van der Waals surface area contributed by atoms with Crippen molar-refractivity contribution >= 4 is 39.5 Å². The third-order valence-corrected chi connectivity index (χ3v) is 4.08. The summed E-state index contributed by atoms with van der Waals surface area (Å²) in [7, 11) is 0. The van der Waals surface area contributed by atoms with Crippen molar-refractivity contribution in [2.24, 2.45) is 5.10 Å². The van der Waals surface area contributed by atoms with Gasteiger partial charge in [-0.3, -0.25) is 15.5 Å². The molecule has 0 radical (unpaired) electrons. The Morgan fingerprint density at radius 1 is 1.22 bits per heavy atom. The Morgan fingerprint density at radius 3 is 2.74 bits per heavy atom. The minimum Gasteiger partial charge on any atom is -0.478 e. The van der Waals surface area contributed by atoms with Crippen LogP contribution in [-0.4, -0.2) is 22.2 Å². The molecule has 0 aliphatic rings. The van der Waals surface area contributed by atoms with Gasteiger partial charge in [0, 0.05) is 10.5 Å². The van der Waals surface area contributed by atoms with Crippen LogP contribution in [0.4, 0.5) is 11.4 Å². The molecule has 1 aromatic heterocycles. The lowest BCUT2D eigenvalue weighted by Crippen LogP contribution is -2.02. The molecule has 0 aliphatic heterocycles. The van der Waals surface area contributed by atoms with Gasteiger partial charge < -0.3 is 9.52 Å². The van der Waals surface area contributed by atoms with Gasteiger partial charge in [0.2, 0.25) is 0 Å². The van der Waals surface area contributed by atoms with E-state index < -0.39 is 10.9 Å². The zero-order valence-electron chi connectivity index (χ0n) is 13.6. The molecule has 0 unspecified atom stereocenters. The van der Waals surface area contributed by atoms with E-state index in [1.807, 2.05) is 0 Å². The number of hydrogen-bond donors (Lipinski definition) is 2. The topological polar surface area (TPSA) is 118 Å². The molecule has 9 heteroatoms. The van der Waals surface area contributed by atoms with Crippen LogP contribution in [0.15, 0.2) is 68.6 Å². The Balaban J connectivity index is 1.79. The number of hydrogen-bond acceptors (Lipinski definition) is 6. The summed E-state index contributed by atoms with van der Waals surface area (Å²) in [5.74, 6) is -0.408. The SMILES string of the molecule is O=C(O)c1cc(Br)ccc1N/N=C/c1ccc(-c2ccccc2[N+](=O)[O-])o1. The zero-order valence-corrected chi connectivity index (χ0v) is 15.2. The molecular weight excluding hydrogens is 418 g/mol. The van der Waals surface area contributed by atoms with Crippen molar-refractivity contribution < 1.29 is 19.2 Å². The molecule has 0 saturated carbocycles. The standard InChI is InChI=1S/C18H12BrN3O5/c19-11-5-7-15(14(9-11)18(23)24)21-20-10-12-6-8-17(27-12)13-3-1-2-4-16(13)22(25)26/h1-10,21H,(H,23,24)/b20-10+. The number of para-hydroxylation sites is 1. The van der Waals surface area contributed by atoms with Crippen LogP contribution in [0.3, 0.4) is 0 Å². The summed E-state index contributed by atoms with van der Waals surface area (Å²) in [5, 5.41) is 24.3. The second-order valence-electron chi connectivity index (χ2n) is 5.34. The monoisotopic (exact) mass is 429 g/mol.